The highest BCUT2D eigenvalue weighted by molar-refractivity contribution is 7.89. The van der Waals surface area contributed by atoms with Gasteiger partial charge in [0.25, 0.3) is 5.91 Å². The van der Waals surface area contributed by atoms with Gasteiger partial charge in [0.2, 0.25) is 10.0 Å². The van der Waals surface area contributed by atoms with Crippen molar-refractivity contribution in [1.82, 2.24) is 14.9 Å². The van der Waals surface area contributed by atoms with Gasteiger partial charge < -0.3 is 39.4 Å². The predicted octanol–water partition coefficient (Wildman–Crippen LogP) is 2.12. The summed E-state index contributed by atoms with van der Waals surface area (Å²) in [5.41, 5.74) is 3.04. The average molecular weight is 749 g/mol. The average Bonchev–Trinajstić information content (AvgIpc) is 3.08. The molecule has 0 bridgehead atoms. The normalized spacial score (nSPS) is 16.2. The zero-order valence-corrected chi connectivity index (χ0v) is 30.2. The number of carbonyl (C=O) groups is 2. The highest BCUT2D eigenvalue weighted by atomic mass is 35.5. The van der Waals surface area contributed by atoms with Gasteiger partial charge in [-0.3, -0.25) is 9.59 Å². The van der Waals surface area contributed by atoms with E-state index in [-0.39, 0.29) is 70.0 Å². The number of hydrogen-bond donors (Lipinski definition) is 4. The number of benzene rings is 2. The van der Waals surface area contributed by atoms with Crippen LogP contribution in [0.25, 0.3) is 0 Å². The van der Waals surface area contributed by atoms with Crippen LogP contribution in [0.4, 0.5) is 0 Å². The van der Waals surface area contributed by atoms with Gasteiger partial charge in [-0.25, -0.2) is 13.1 Å². The number of Topliss-reactive ketones (excluding diaryl/α,β-unsaturated/α-hetero) is 1. The van der Waals surface area contributed by atoms with Gasteiger partial charge in [-0.2, -0.15) is 0 Å². The first kappa shape index (κ1) is 41.2. The van der Waals surface area contributed by atoms with E-state index in [1.807, 2.05) is 32.2 Å². The highest BCUT2D eigenvalue weighted by Crippen LogP contribution is 2.38. The number of ketones is 1. The minimum Gasteiger partial charge on any atom is -0.382 e. The van der Waals surface area contributed by atoms with Crippen LogP contribution in [0, 0.1) is 0 Å². The molecule has 1 amide bonds. The Labute approximate surface area is 298 Å². The summed E-state index contributed by atoms with van der Waals surface area (Å²) in [6.07, 6.45) is -3.27. The van der Waals surface area contributed by atoms with Gasteiger partial charge >= 0.3 is 0 Å². The summed E-state index contributed by atoms with van der Waals surface area (Å²) in [6, 6.07) is 10.5. The number of likely N-dealkylation sites (N-methyl/N-ethyl adjacent to an activating group) is 1. The van der Waals surface area contributed by atoms with Gasteiger partial charge in [-0.05, 0) is 61.3 Å². The second-order valence-electron chi connectivity index (χ2n) is 11.5. The van der Waals surface area contributed by atoms with Crippen molar-refractivity contribution in [3.05, 3.63) is 63.1 Å². The third-order valence-corrected chi connectivity index (χ3v) is 9.76. The number of amides is 1. The Kier molecular flexibility index (Phi) is 17.9. The van der Waals surface area contributed by atoms with E-state index in [0.717, 1.165) is 23.2 Å². The van der Waals surface area contributed by atoms with E-state index >= 15 is 0 Å². The molecular weight excluding hydrogens is 701 g/mol. The molecule has 3 rings (SSSR count). The molecule has 0 saturated heterocycles. The van der Waals surface area contributed by atoms with Gasteiger partial charge in [-0.15, -0.1) is 0 Å². The first-order valence-corrected chi connectivity index (χ1v) is 18.4. The van der Waals surface area contributed by atoms with E-state index in [1.165, 1.54) is 0 Å². The van der Waals surface area contributed by atoms with Crippen molar-refractivity contribution in [2.24, 2.45) is 0 Å². The zero-order chi connectivity index (χ0) is 35.8. The molecule has 2 unspecified atom stereocenters. The molecule has 1 heterocycles. The molecule has 1 aliphatic heterocycles. The molecule has 49 heavy (non-hydrogen) atoms. The standard InChI is InChI=1S/C33H47Cl2N3O10S/c1-3-45-12-4-5-30(39)31(40)32(41)33(42)36-10-13-46-15-17-48-18-16-47-14-11-37-49(43,44)25-8-6-23(7-9-25)27-21-38(2)22-28-26(27)19-24(34)20-29(28)35/h6-9,19-20,27,31-32,37,40-41H,3-5,10-18,21-22H2,1-2H3,(H,36,42)/t27-,31?,32?/m1/s1. The Balaban J connectivity index is 1.24. The van der Waals surface area contributed by atoms with Crippen molar-refractivity contribution in [1.29, 1.82) is 0 Å². The summed E-state index contributed by atoms with van der Waals surface area (Å²) < 4.78 is 49.5. The molecule has 2 aromatic carbocycles. The van der Waals surface area contributed by atoms with Crippen LogP contribution in [-0.4, -0.2) is 127 Å². The summed E-state index contributed by atoms with van der Waals surface area (Å²) in [5, 5.41) is 23.4. The lowest BCUT2D eigenvalue weighted by atomic mass is 9.85. The number of fused-ring (bicyclic) bond motifs is 1. The van der Waals surface area contributed by atoms with Crippen molar-refractivity contribution in [2.75, 3.05) is 79.5 Å². The molecule has 16 heteroatoms. The van der Waals surface area contributed by atoms with Gasteiger partial charge in [0.1, 0.15) is 6.10 Å². The number of carbonyl (C=O) groups excluding carboxylic acids is 2. The number of rotatable bonds is 23. The van der Waals surface area contributed by atoms with Crippen molar-refractivity contribution >= 4 is 44.9 Å². The number of nitrogens with one attached hydrogen (secondary N) is 2. The fourth-order valence-electron chi connectivity index (χ4n) is 5.19. The van der Waals surface area contributed by atoms with E-state index in [0.29, 0.717) is 36.2 Å². The SMILES string of the molecule is CCOCCCC(=O)C(O)C(O)C(=O)NCCOCCOCCOCCNS(=O)(=O)c1ccc([C@H]2CN(C)Cc3c(Cl)cc(Cl)cc32)cc1. The lowest BCUT2D eigenvalue weighted by molar-refractivity contribution is -0.145. The summed E-state index contributed by atoms with van der Waals surface area (Å²) in [6.45, 7) is 5.64. The van der Waals surface area contributed by atoms with E-state index in [4.69, 9.17) is 42.1 Å². The van der Waals surface area contributed by atoms with Crippen LogP contribution in [-0.2, 0) is 45.1 Å². The minimum atomic E-state index is -3.73. The molecule has 0 radical (unpaired) electrons. The highest BCUT2D eigenvalue weighted by Gasteiger charge is 2.30. The molecule has 3 atom stereocenters. The third kappa shape index (κ3) is 13.5. The lowest BCUT2D eigenvalue weighted by Gasteiger charge is -2.33. The van der Waals surface area contributed by atoms with E-state index in [2.05, 4.69) is 14.9 Å². The Morgan fingerprint density at radius 3 is 2.20 bits per heavy atom. The van der Waals surface area contributed by atoms with Crippen molar-refractivity contribution in [3.63, 3.8) is 0 Å². The van der Waals surface area contributed by atoms with Crippen LogP contribution in [0.3, 0.4) is 0 Å². The quantitative estimate of drug-likeness (QED) is 0.123. The summed E-state index contributed by atoms with van der Waals surface area (Å²) in [4.78, 5) is 26.2. The Morgan fingerprint density at radius 1 is 0.918 bits per heavy atom. The predicted molar refractivity (Wildman–Crippen MR) is 184 cm³/mol. The fraction of sp³-hybridized carbons (Fsp3) is 0.576. The number of aliphatic hydroxyl groups is 2. The number of sulfonamides is 1. The third-order valence-electron chi connectivity index (χ3n) is 7.73. The van der Waals surface area contributed by atoms with Crippen LogP contribution in [0.1, 0.15) is 42.4 Å². The van der Waals surface area contributed by atoms with Crippen molar-refractivity contribution in [2.45, 2.75) is 49.3 Å². The van der Waals surface area contributed by atoms with Crippen LogP contribution in [0.15, 0.2) is 41.3 Å². The van der Waals surface area contributed by atoms with Crippen molar-refractivity contribution in [3.8, 4) is 0 Å². The first-order chi connectivity index (χ1) is 23.4. The van der Waals surface area contributed by atoms with Gasteiger partial charge in [0.05, 0.1) is 44.5 Å². The monoisotopic (exact) mass is 747 g/mol. The fourth-order valence-corrected chi connectivity index (χ4v) is 6.78. The van der Waals surface area contributed by atoms with Crippen LogP contribution >= 0.6 is 23.2 Å². The number of halogens is 2. The molecule has 0 saturated carbocycles. The summed E-state index contributed by atoms with van der Waals surface area (Å²) in [7, 11) is -1.71. The molecule has 1 aliphatic rings. The maximum atomic E-state index is 12.8. The Hall–Kier alpha value is -2.21. The van der Waals surface area contributed by atoms with E-state index in [1.54, 1.807) is 18.2 Å². The lowest BCUT2D eigenvalue weighted by Crippen LogP contribution is -2.46. The summed E-state index contributed by atoms with van der Waals surface area (Å²) in [5.74, 6) is -1.49. The number of hydrogen-bond acceptors (Lipinski definition) is 11. The molecule has 2 aromatic rings. The zero-order valence-electron chi connectivity index (χ0n) is 27.9. The maximum absolute atomic E-state index is 12.8. The Morgan fingerprint density at radius 2 is 1.55 bits per heavy atom. The summed E-state index contributed by atoms with van der Waals surface area (Å²) >= 11 is 12.7. The topological polar surface area (TPSA) is 173 Å². The minimum absolute atomic E-state index is 0.00285. The van der Waals surface area contributed by atoms with Crippen molar-refractivity contribution < 1.29 is 47.2 Å². The molecule has 274 valence electrons. The second kappa shape index (κ2) is 21.2. The number of aliphatic hydroxyl groups excluding tert-OH is 2. The van der Waals surface area contributed by atoms with Crippen LogP contribution in [0.5, 0.6) is 0 Å². The molecule has 0 aliphatic carbocycles. The van der Waals surface area contributed by atoms with Crippen LogP contribution < -0.4 is 10.0 Å². The second-order valence-corrected chi connectivity index (χ2v) is 14.1. The first-order valence-electron chi connectivity index (χ1n) is 16.2. The number of nitrogens with zero attached hydrogens (tertiary/aromatic N) is 1. The largest absolute Gasteiger partial charge is 0.382 e. The molecule has 0 spiro atoms. The van der Waals surface area contributed by atoms with E-state index < -0.39 is 33.9 Å². The number of ether oxygens (including phenoxy) is 4. The molecule has 0 aromatic heterocycles. The van der Waals surface area contributed by atoms with Gasteiger partial charge in [0.15, 0.2) is 11.9 Å². The molecular formula is C33H47Cl2N3O10S. The molecule has 4 N–H and O–H groups in total. The Bertz CT molecular complexity index is 1450. The van der Waals surface area contributed by atoms with Gasteiger partial charge in [-0.1, -0.05) is 35.3 Å². The molecule has 0 fully saturated rings. The van der Waals surface area contributed by atoms with Gasteiger partial charge in [0, 0.05) is 61.8 Å². The maximum Gasteiger partial charge on any atom is 0.252 e. The smallest absolute Gasteiger partial charge is 0.252 e. The molecule has 13 nitrogen and oxygen atoms in total. The van der Waals surface area contributed by atoms with Crippen LogP contribution in [0.2, 0.25) is 10.0 Å². The van der Waals surface area contributed by atoms with E-state index in [9.17, 15) is 28.2 Å².